The highest BCUT2D eigenvalue weighted by Gasteiger charge is 2.13. The maximum Gasteiger partial charge on any atom is 0.339 e. The van der Waals surface area contributed by atoms with E-state index >= 15 is 0 Å². The second kappa shape index (κ2) is 9.40. The van der Waals surface area contributed by atoms with Crippen LogP contribution >= 0.6 is 0 Å². The van der Waals surface area contributed by atoms with Crippen molar-refractivity contribution in [1.82, 2.24) is 0 Å². The molecule has 6 nitrogen and oxygen atoms in total. The normalized spacial score (nSPS) is 11.8. The van der Waals surface area contributed by atoms with Crippen LogP contribution < -0.4 is 4.74 Å². The van der Waals surface area contributed by atoms with Gasteiger partial charge in [0.1, 0.15) is 5.75 Å². The smallest absolute Gasteiger partial charge is 0.339 e. The number of esters is 2. The second-order valence-electron chi connectivity index (χ2n) is 4.64. The third-order valence-corrected chi connectivity index (χ3v) is 3.15. The molecule has 1 aromatic carbocycles. The largest absolute Gasteiger partial charge is 0.497 e. The number of nitrogens with zero attached hydrogens (tertiary/aromatic N) is 1. The van der Waals surface area contributed by atoms with E-state index in [1.165, 1.54) is 20.3 Å². The maximum absolute atomic E-state index is 11.8. The molecular weight excluding hydrogens is 298 g/mol. The van der Waals surface area contributed by atoms with Crippen LogP contribution in [0.1, 0.15) is 18.9 Å². The number of rotatable bonds is 7. The third-order valence-electron chi connectivity index (χ3n) is 3.15. The molecule has 0 spiro atoms. The van der Waals surface area contributed by atoms with Gasteiger partial charge in [-0.05, 0) is 24.6 Å². The van der Waals surface area contributed by atoms with Crippen molar-refractivity contribution in [3.63, 3.8) is 0 Å². The van der Waals surface area contributed by atoms with Crippen LogP contribution in [-0.2, 0) is 25.6 Å². The molecule has 0 aromatic heterocycles. The highest BCUT2D eigenvalue weighted by molar-refractivity contribution is 6.19. The van der Waals surface area contributed by atoms with Gasteiger partial charge in [0.2, 0.25) is 0 Å². The number of carbonyl (C=O) groups excluding carboxylic acids is 2. The average Bonchev–Trinajstić information content (AvgIpc) is 2.59. The van der Waals surface area contributed by atoms with Gasteiger partial charge in [0.25, 0.3) is 0 Å². The van der Waals surface area contributed by atoms with Gasteiger partial charge < -0.3 is 14.2 Å². The molecule has 0 saturated carbocycles. The van der Waals surface area contributed by atoms with Crippen LogP contribution in [0.2, 0.25) is 0 Å². The van der Waals surface area contributed by atoms with Crippen LogP contribution in [0.4, 0.5) is 0 Å². The number of hydrogen-bond donors (Lipinski definition) is 0. The van der Waals surface area contributed by atoms with Crippen molar-refractivity contribution in [3.05, 3.63) is 41.5 Å². The number of methoxy groups -OCH3 is 3. The molecule has 0 bridgehead atoms. The Morgan fingerprint density at radius 3 is 2.26 bits per heavy atom. The van der Waals surface area contributed by atoms with E-state index in [0.29, 0.717) is 12.3 Å². The van der Waals surface area contributed by atoms with Gasteiger partial charge in [-0.15, -0.1) is 0 Å². The van der Waals surface area contributed by atoms with E-state index in [0.717, 1.165) is 11.3 Å². The summed E-state index contributed by atoms with van der Waals surface area (Å²) in [5.74, 6) is -0.207. The van der Waals surface area contributed by atoms with E-state index in [1.807, 2.05) is 24.3 Å². The van der Waals surface area contributed by atoms with Gasteiger partial charge in [-0.2, -0.15) is 0 Å². The lowest BCUT2D eigenvalue weighted by Gasteiger charge is -2.06. The first-order valence-corrected chi connectivity index (χ1v) is 7.01. The Bertz CT molecular complexity index is 602. The maximum atomic E-state index is 11.8. The molecule has 0 radical (unpaired) electrons. The van der Waals surface area contributed by atoms with Gasteiger partial charge in [-0.1, -0.05) is 18.2 Å². The Labute approximate surface area is 135 Å². The standard InChI is InChI=1S/C17H21NO5/c1-12(15(17(20)23-4)9-10-16(19)22-3)18-11-13-5-7-14(21-2)8-6-13/h5-9H,10-11H2,1-4H3. The molecule has 124 valence electrons. The Morgan fingerprint density at radius 1 is 1.09 bits per heavy atom. The molecule has 0 aliphatic heterocycles. The molecule has 1 aromatic rings. The molecule has 0 amide bonds. The predicted molar refractivity (Wildman–Crippen MR) is 86.5 cm³/mol. The van der Waals surface area contributed by atoms with Crippen molar-refractivity contribution >= 4 is 17.7 Å². The fourth-order valence-corrected chi connectivity index (χ4v) is 1.78. The van der Waals surface area contributed by atoms with Gasteiger partial charge in [0, 0.05) is 5.71 Å². The van der Waals surface area contributed by atoms with E-state index in [9.17, 15) is 9.59 Å². The number of benzene rings is 1. The first-order chi connectivity index (χ1) is 11.0. The molecule has 0 atom stereocenters. The Hall–Kier alpha value is -2.63. The van der Waals surface area contributed by atoms with Gasteiger partial charge >= 0.3 is 11.9 Å². The van der Waals surface area contributed by atoms with E-state index in [1.54, 1.807) is 14.0 Å². The fourth-order valence-electron chi connectivity index (χ4n) is 1.78. The van der Waals surface area contributed by atoms with Crippen molar-refractivity contribution in [2.45, 2.75) is 19.9 Å². The van der Waals surface area contributed by atoms with Crippen molar-refractivity contribution in [2.24, 2.45) is 4.99 Å². The molecule has 0 saturated heterocycles. The number of hydrogen-bond acceptors (Lipinski definition) is 6. The zero-order chi connectivity index (χ0) is 17.2. The number of aliphatic imine (C=N–C) groups is 1. The second-order valence-corrected chi connectivity index (χ2v) is 4.64. The van der Waals surface area contributed by atoms with Crippen LogP contribution in [-0.4, -0.2) is 39.0 Å². The summed E-state index contributed by atoms with van der Waals surface area (Å²) in [6, 6.07) is 7.47. The summed E-state index contributed by atoms with van der Waals surface area (Å²) in [6.07, 6.45) is 1.45. The molecule has 0 N–H and O–H groups in total. The summed E-state index contributed by atoms with van der Waals surface area (Å²) >= 11 is 0. The van der Waals surface area contributed by atoms with Gasteiger partial charge in [0.05, 0.1) is 39.9 Å². The van der Waals surface area contributed by atoms with Gasteiger partial charge in [0.15, 0.2) is 0 Å². The van der Waals surface area contributed by atoms with Gasteiger partial charge in [-0.25, -0.2) is 4.79 Å². The average molecular weight is 319 g/mol. The van der Waals surface area contributed by atoms with E-state index in [-0.39, 0.29) is 12.0 Å². The van der Waals surface area contributed by atoms with Crippen molar-refractivity contribution in [2.75, 3.05) is 21.3 Å². The molecule has 0 fully saturated rings. The zero-order valence-electron chi connectivity index (χ0n) is 13.8. The summed E-state index contributed by atoms with van der Waals surface area (Å²) in [6.45, 7) is 2.10. The van der Waals surface area contributed by atoms with Crippen molar-refractivity contribution < 1.29 is 23.8 Å². The van der Waals surface area contributed by atoms with E-state index in [2.05, 4.69) is 9.73 Å². The third kappa shape index (κ3) is 5.94. The predicted octanol–water partition coefficient (Wildman–Crippen LogP) is 2.32. The lowest BCUT2D eigenvalue weighted by Crippen LogP contribution is -2.13. The van der Waals surface area contributed by atoms with Crippen LogP contribution in [0.25, 0.3) is 0 Å². The monoisotopic (exact) mass is 319 g/mol. The summed E-state index contributed by atoms with van der Waals surface area (Å²) in [4.78, 5) is 27.4. The quantitative estimate of drug-likeness (QED) is 0.438. The highest BCUT2D eigenvalue weighted by Crippen LogP contribution is 2.13. The van der Waals surface area contributed by atoms with E-state index < -0.39 is 11.9 Å². The molecule has 23 heavy (non-hydrogen) atoms. The highest BCUT2D eigenvalue weighted by atomic mass is 16.5. The van der Waals surface area contributed by atoms with Crippen molar-refractivity contribution in [3.8, 4) is 5.75 Å². The lowest BCUT2D eigenvalue weighted by atomic mass is 10.1. The Kier molecular flexibility index (Phi) is 7.53. The van der Waals surface area contributed by atoms with Crippen LogP contribution in [0, 0.1) is 0 Å². The minimum Gasteiger partial charge on any atom is -0.497 e. The molecule has 6 heteroatoms. The molecule has 1 rings (SSSR count). The zero-order valence-corrected chi connectivity index (χ0v) is 13.8. The summed E-state index contributed by atoms with van der Waals surface area (Å²) < 4.78 is 14.4. The molecular formula is C17H21NO5. The molecule has 0 aliphatic carbocycles. The first-order valence-electron chi connectivity index (χ1n) is 7.01. The Balaban J connectivity index is 2.87. The van der Waals surface area contributed by atoms with E-state index in [4.69, 9.17) is 9.47 Å². The van der Waals surface area contributed by atoms with Crippen LogP contribution in [0.5, 0.6) is 5.75 Å². The lowest BCUT2D eigenvalue weighted by molar-refractivity contribution is -0.139. The summed E-state index contributed by atoms with van der Waals surface area (Å²) in [5, 5.41) is 0. The fraction of sp³-hybridized carbons (Fsp3) is 0.353. The van der Waals surface area contributed by atoms with Gasteiger partial charge in [-0.3, -0.25) is 9.79 Å². The first kappa shape index (κ1) is 18.4. The minimum atomic E-state index is -0.537. The minimum absolute atomic E-state index is 0.0175. The summed E-state index contributed by atoms with van der Waals surface area (Å²) in [7, 11) is 4.18. The SMILES string of the molecule is COC(=O)CC=C(C(=O)OC)C(C)=NCc1ccc(OC)cc1. The molecule has 0 aliphatic rings. The Morgan fingerprint density at radius 2 is 1.74 bits per heavy atom. The number of ether oxygens (including phenoxy) is 3. The summed E-state index contributed by atoms with van der Waals surface area (Å²) in [5.41, 5.74) is 1.73. The molecule has 0 unspecified atom stereocenters. The molecule has 0 heterocycles. The van der Waals surface area contributed by atoms with Crippen LogP contribution in [0.3, 0.4) is 0 Å². The number of carbonyl (C=O) groups is 2. The van der Waals surface area contributed by atoms with Crippen LogP contribution in [0.15, 0.2) is 40.9 Å². The van der Waals surface area contributed by atoms with Crippen molar-refractivity contribution in [1.29, 1.82) is 0 Å². The topological polar surface area (TPSA) is 74.2 Å².